The molecule has 88 valence electrons. The van der Waals surface area contributed by atoms with E-state index in [0.717, 1.165) is 12.8 Å². The van der Waals surface area contributed by atoms with Gasteiger partial charge in [0.1, 0.15) is 5.60 Å². The van der Waals surface area contributed by atoms with E-state index in [4.69, 9.17) is 4.74 Å². The number of rotatable bonds is 3. The standard InChI is InChI=1S/C11H20FNO2/c1-11(2,3)15-10(14)13-7-9-5-4-8(9)6-12/h8-9H,4-7H2,1-3H3,(H,13,14)/t8-,9-/m0/s1. The Kier molecular flexibility index (Phi) is 3.94. The minimum absolute atomic E-state index is 0.139. The molecule has 0 saturated heterocycles. The first-order chi connectivity index (χ1) is 6.92. The second-order valence-electron chi connectivity index (χ2n) is 5.13. The predicted molar refractivity (Wildman–Crippen MR) is 56.4 cm³/mol. The quantitative estimate of drug-likeness (QED) is 0.788. The Labute approximate surface area is 90.4 Å². The average Bonchev–Trinajstić information content (AvgIpc) is 1.99. The summed E-state index contributed by atoms with van der Waals surface area (Å²) in [5.74, 6) is 0.433. The van der Waals surface area contributed by atoms with Crippen molar-refractivity contribution in [2.24, 2.45) is 11.8 Å². The first kappa shape index (κ1) is 12.3. The van der Waals surface area contributed by atoms with Gasteiger partial charge >= 0.3 is 6.09 Å². The third-order valence-electron chi connectivity index (χ3n) is 2.68. The number of halogens is 1. The lowest BCUT2D eigenvalue weighted by atomic mass is 9.74. The van der Waals surface area contributed by atoms with Crippen molar-refractivity contribution in [1.82, 2.24) is 5.32 Å². The van der Waals surface area contributed by atoms with Crippen LogP contribution in [0.15, 0.2) is 0 Å². The monoisotopic (exact) mass is 217 g/mol. The molecule has 1 aliphatic carbocycles. The van der Waals surface area contributed by atoms with Crippen molar-refractivity contribution in [3.8, 4) is 0 Å². The summed E-state index contributed by atoms with van der Waals surface area (Å²) in [4.78, 5) is 11.3. The normalized spacial score (nSPS) is 25.6. The Bertz CT molecular complexity index is 223. The topological polar surface area (TPSA) is 38.3 Å². The molecule has 0 aromatic carbocycles. The van der Waals surface area contributed by atoms with Gasteiger partial charge in [0.2, 0.25) is 0 Å². The fraction of sp³-hybridized carbons (Fsp3) is 0.909. The van der Waals surface area contributed by atoms with Crippen molar-refractivity contribution in [2.75, 3.05) is 13.2 Å². The van der Waals surface area contributed by atoms with Crippen molar-refractivity contribution in [3.05, 3.63) is 0 Å². The number of alkyl halides is 1. The van der Waals surface area contributed by atoms with Crippen LogP contribution < -0.4 is 5.32 Å². The molecule has 0 aliphatic heterocycles. The molecule has 1 amide bonds. The molecule has 0 radical (unpaired) electrons. The molecule has 0 aromatic rings. The number of carbonyl (C=O) groups is 1. The van der Waals surface area contributed by atoms with Crippen LogP contribution in [0.5, 0.6) is 0 Å². The van der Waals surface area contributed by atoms with E-state index >= 15 is 0 Å². The van der Waals surface area contributed by atoms with Crippen LogP contribution >= 0.6 is 0 Å². The van der Waals surface area contributed by atoms with E-state index in [0.29, 0.717) is 12.5 Å². The maximum absolute atomic E-state index is 12.3. The lowest BCUT2D eigenvalue weighted by Gasteiger charge is -2.34. The highest BCUT2D eigenvalue weighted by molar-refractivity contribution is 5.67. The van der Waals surface area contributed by atoms with E-state index in [1.54, 1.807) is 0 Å². The van der Waals surface area contributed by atoms with Crippen LogP contribution in [0.2, 0.25) is 0 Å². The van der Waals surface area contributed by atoms with E-state index in [-0.39, 0.29) is 12.6 Å². The molecule has 0 unspecified atom stereocenters. The SMILES string of the molecule is CC(C)(C)OC(=O)NC[C@@H]1CC[C@H]1CF. The smallest absolute Gasteiger partial charge is 0.407 e. The van der Waals surface area contributed by atoms with Crippen molar-refractivity contribution in [1.29, 1.82) is 0 Å². The molecule has 0 spiro atoms. The molecule has 1 fully saturated rings. The highest BCUT2D eigenvalue weighted by Gasteiger charge is 2.31. The Morgan fingerprint density at radius 2 is 2.00 bits per heavy atom. The number of nitrogens with one attached hydrogen (secondary N) is 1. The number of alkyl carbamates (subject to hydrolysis) is 1. The summed E-state index contributed by atoms with van der Waals surface area (Å²) in [7, 11) is 0. The van der Waals surface area contributed by atoms with Crippen LogP contribution in [-0.4, -0.2) is 24.9 Å². The number of hydrogen-bond acceptors (Lipinski definition) is 2. The summed E-state index contributed by atoms with van der Waals surface area (Å²) in [6.07, 6.45) is 1.54. The minimum Gasteiger partial charge on any atom is -0.444 e. The lowest BCUT2D eigenvalue weighted by molar-refractivity contribution is 0.0480. The second-order valence-corrected chi connectivity index (χ2v) is 5.13. The van der Waals surface area contributed by atoms with E-state index in [2.05, 4.69) is 5.32 Å². The Morgan fingerprint density at radius 3 is 2.40 bits per heavy atom. The van der Waals surface area contributed by atoms with Gasteiger partial charge in [-0.2, -0.15) is 0 Å². The Hall–Kier alpha value is -0.800. The molecule has 2 atom stereocenters. The van der Waals surface area contributed by atoms with Crippen molar-refractivity contribution >= 4 is 6.09 Å². The molecule has 4 heteroatoms. The molecule has 1 rings (SSSR count). The van der Waals surface area contributed by atoms with E-state index < -0.39 is 11.7 Å². The van der Waals surface area contributed by atoms with Crippen LogP contribution in [0.25, 0.3) is 0 Å². The van der Waals surface area contributed by atoms with E-state index in [1.807, 2.05) is 20.8 Å². The molecule has 0 heterocycles. The number of hydrogen-bond donors (Lipinski definition) is 1. The van der Waals surface area contributed by atoms with Crippen LogP contribution in [0.1, 0.15) is 33.6 Å². The van der Waals surface area contributed by atoms with Gasteiger partial charge in [0.05, 0.1) is 6.67 Å². The van der Waals surface area contributed by atoms with Crippen molar-refractivity contribution in [3.63, 3.8) is 0 Å². The molecular formula is C11H20FNO2. The zero-order valence-corrected chi connectivity index (χ0v) is 9.68. The first-order valence-corrected chi connectivity index (χ1v) is 5.45. The van der Waals surface area contributed by atoms with Gasteiger partial charge in [0.25, 0.3) is 0 Å². The zero-order valence-electron chi connectivity index (χ0n) is 9.68. The van der Waals surface area contributed by atoms with Crippen LogP contribution in [-0.2, 0) is 4.74 Å². The van der Waals surface area contributed by atoms with Crippen molar-refractivity contribution < 1.29 is 13.9 Å². The van der Waals surface area contributed by atoms with Gasteiger partial charge in [-0.3, -0.25) is 4.39 Å². The van der Waals surface area contributed by atoms with Gasteiger partial charge in [-0.25, -0.2) is 4.79 Å². The maximum atomic E-state index is 12.3. The van der Waals surface area contributed by atoms with Gasteiger partial charge in [-0.1, -0.05) is 0 Å². The van der Waals surface area contributed by atoms with Crippen molar-refractivity contribution in [2.45, 2.75) is 39.2 Å². The summed E-state index contributed by atoms with van der Waals surface area (Å²) >= 11 is 0. The molecule has 0 bridgehead atoms. The lowest BCUT2D eigenvalue weighted by Crippen LogP contribution is -2.40. The van der Waals surface area contributed by atoms with Gasteiger partial charge in [0, 0.05) is 6.54 Å². The summed E-state index contributed by atoms with van der Waals surface area (Å²) in [5, 5.41) is 2.68. The fourth-order valence-corrected chi connectivity index (χ4v) is 1.64. The molecule has 15 heavy (non-hydrogen) atoms. The van der Waals surface area contributed by atoms with E-state index in [1.165, 1.54) is 0 Å². The number of carbonyl (C=O) groups excluding carboxylic acids is 1. The molecule has 1 N–H and O–H groups in total. The number of ether oxygens (including phenoxy) is 1. The fourth-order valence-electron chi connectivity index (χ4n) is 1.64. The Balaban J connectivity index is 2.17. The third kappa shape index (κ3) is 4.06. The highest BCUT2D eigenvalue weighted by Crippen LogP contribution is 2.33. The molecular weight excluding hydrogens is 197 g/mol. The Morgan fingerprint density at radius 1 is 1.40 bits per heavy atom. The minimum atomic E-state index is -0.469. The largest absolute Gasteiger partial charge is 0.444 e. The second kappa shape index (κ2) is 4.81. The third-order valence-corrected chi connectivity index (χ3v) is 2.68. The molecule has 1 saturated carbocycles. The van der Waals surface area contributed by atoms with Gasteiger partial charge in [-0.15, -0.1) is 0 Å². The number of amides is 1. The summed E-state index contributed by atoms with van der Waals surface area (Å²) in [5.41, 5.74) is -0.469. The van der Waals surface area contributed by atoms with Gasteiger partial charge < -0.3 is 10.1 Å². The van der Waals surface area contributed by atoms with Crippen LogP contribution in [0.3, 0.4) is 0 Å². The van der Waals surface area contributed by atoms with E-state index in [9.17, 15) is 9.18 Å². The maximum Gasteiger partial charge on any atom is 0.407 e. The summed E-state index contributed by atoms with van der Waals surface area (Å²) < 4.78 is 17.4. The molecule has 0 aromatic heterocycles. The van der Waals surface area contributed by atoms with Crippen LogP contribution in [0, 0.1) is 11.8 Å². The summed E-state index contributed by atoms with van der Waals surface area (Å²) in [6.45, 7) is 5.71. The summed E-state index contributed by atoms with van der Waals surface area (Å²) in [6, 6.07) is 0. The predicted octanol–water partition coefficient (Wildman–Crippen LogP) is 2.51. The first-order valence-electron chi connectivity index (χ1n) is 5.45. The average molecular weight is 217 g/mol. The molecule has 3 nitrogen and oxygen atoms in total. The van der Waals surface area contributed by atoms with Gasteiger partial charge in [0.15, 0.2) is 0 Å². The highest BCUT2D eigenvalue weighted by atomic mass is 19.1. The molecule has 1 aliphatic rings. The van der Waals surface area contributed by atoms with Gasteiger partial charge in [-0.05, 0) is 45.4 Å². The van der Waals surface area contributed by atoms with Crippen LogP contribution in [0.4, 0.5) is 9.18 Å². The zero-order chi connectivity index (χ0) is 11.5.